The van der Waals surface area contributed by atoms with Crippen LogP contribution < -0.4 is 4.74 Å². The first-order valence-electron chi connectivity index (χ1n) is 10.8. The average molecular weight is 518 g/mol. The molecule has 180 valence electrons. The molecule has 0 bridgehead atoms. The van der Waals surface area contributed by atoms with Crippen LogP contribution in [0.1, 0.15) is 31.7 Å². The summed E-state index contributed by atoms with van der Waals surface area (Å²) in [6, 6.07) is 8.55. The number of halogens is 3. The van der Waals surface area contributed by atoms with E-state index in [9.17, 15) is 17.4 Å². The van der Waals surface area contributed by atoms with Crippen molar-refractivity contribution in [1.82, 2.24) is 4.31 Å². The smallest absolute Gasteiger partial charge is 0.211 e. The minimum Gasteiger partial charge on any atom is -0.611 e. The van der Waals surface area contributed by atoms with Gasteiger partial charge in [-0.2, -0.15) is 0 Å². The van der Waals surface area contributed by atoms with Gasteiger partial charge >= 0.3 is 0 Å². The molecular weight excluding hydrogens is 492 g/mol. The molecule has 1 aliphatic heterocycles. The average Bonchev–Trinajstić information content (AvgIpc) is 2.78. The summed E-state index contributed by atoms with van der Waals surface area (Å²) in [7, 11) is -3.46. The van der Waals surface area contributed by atoms with Crippen LogP contribution in [-0.2, 0) is 25.9 Å². The van der Waals surface area contributed by atoms with Crippen LogP contribution in [0.15, 0.2) is 41.3 Å². The molecule has 0 radical (unpaired) electrons. The first kappa shape index (κ1) is 24.7. The summed E-state index contributed by atoms with van der Waals surface area (Å²) in [4.78, 5) is 0.456. The highest BCUT2D eigenvalue weighted by Gasteiger charge is 2.61. The van der Waals surface area contributed by atoms with Gasteiger partial charge in [0, 0.05) is 24.5 Å². The van der Waals surface area contributed by atoms with Crippen LogP contribution in [0.5, 0.6) is 5.75 Å². The Morgan fingerprint density at radius 1 is 1.21 bits per heavy atom. The summed E-state index contributed by atoms with van der Waals surface area (Å²) >= 11 is 4.25. The molecule has 0 aromatic heterocycles. The lowest BCUT2D eigenvalue weighted by atomic mass is 9.67. The molecular formula is C23H26ClF2NO4S2. The van der Waals surface area contributed by atoms with Crippen LogP contribution in [0.25, 0.3) is 0 Å². The van der Waals surface area contributed by atoms with Gasteiger partial charge in [-0.3, -0.25) is 0 Å². The van der Waals surface area contributed by atoms with E-state index in [1.54, 1.807) is 31.2 Å². The van der Waals surface area contributed by atoms with E-state index in [2.05, 4.69) is 0 Å². The lowest BCUT2D eigenvalue weighted by Crippen LogP contribution is -2.56. The molecule has 0 N–H and O–H groups in total. The lowest BCUT2D eigenvalue weighted by molar-refractivity contribution is 0.0660. The summed E-state index contributed by atoms with van der Waals surface area (Å²) in [5, 5.41) is 0.475. The Kier molecular flexibility index (Phi) is 7.00. The minimum atomic E-state index is -3.46. The predicted molar refractivity (Wildman–Crippen MR) is 124 cm³/mol. The number of sulfonamides is 1. The molecule has 1 aliphatic carbocycles. The molecule has 1 saturated carbocycles. The van der Waals surface area contributed by atoms with E-state index in [-0.39, 0.29) is 36.9 Å². The zero-order chi connectivity index (χ0) is 24.0. The molecule has 4 atom stereocenters. The van der Waals surface area contributed by atoms with Crippen molar-refractivity contribution in [3.05, 3.63) is 58.6 Å². The Labute approximate surface area is 201 Å². The molecule has 5 nitrogen and oxygen atoms in total. The number of fused-ring (bicyclic) bond motifs is 3. The third-order valence-corrected chi connectivity index (χ3v) is 10.5. The van der Waals surface area contributed by atoms with Gasteiger partial charge in [0.2, 0.25) is 10.0 Å². The van der Waals surface area contributed by atoms with Crippen molar-refractivity contribution in [2.45, 2.75) is 35.8 Å². The zero-order valence-electron chi connectivity index (χ0n) is 18.4. The maximum Gasteiger partial charge on any atom is 0.211 e. The van der Waals surface area contributed by atoms with Crippen molar-refractivity contribution in [3.63, 3.8) is 0 Å². The number of hydrogen-bond acceptors (Lipinski definition) is 4. The monoisotopic (exact) mass is 517 g/mol. The van der Waals surface area contributed by atoms with E-state index >= 15 is 4.39 Å². The van der Waals surface area contributed by atoms with Crippen LogP contribution in [0.3, 0.4) is 0 Å². The predicted octanol–water partition coefficient (Wildman–Crippen LogP) is 4.71. The molecule has 1 heterocycles. The highest BCUT2D eigenvalue weighted by atomic mass is 35.5. The van der Waals surface area contributed by atoms with Gasteiger partial charge in [-0.05, 0) is 66.3 Å². The van der Waals surface area contributed by atoms with Crippen molar-refractivity contribution in [2.75, 3.05) is 26.0 Å². The summed E-state index contributed by atoms with van der Waals surface area (Å²) in [6.45, 7) is 2.27. The second-order valence-electron chi connectivity index (χ2n) is 8.63. The molecule has 2 aromatic rings. The van der Waals surface area contributed by atoms with Crippen LogP contribution in [-0.4, -0.2) is 43.2 Å². The standard InChI is InChI=1S/C23H26ClF2NO4S2/c1-3-27(33(2,29)30)13-15-5-4-12-23(32(28)17-8-6-16(24)7-9-17)18(15)14-31-22-20(26)11-10-19(25)21(22)23/h6-11,15,18H,3-5,12-14H2,1-2H3/t15-,18-,23?,32-/m0/s1. The van der Waals surface area contributed by atoms with Crippen molar-refractivity contribution in [1.29, 1.82) is 0 Å². The molecule has 0 amide bonds. The Bertz CT molecular complexity index is 1130. The highest BCUT2D eigenvalue weighted by molar-refractivity contribution is 7.92. The number of rotatable bonds is 6. The minimum absolute atomic E-state index is 0.0147. The first-order valence-corrected chi connectivity index (χ1v) is 14.2. The van der Waals surface area contributed by atoms with E-state index in [1.807, 2.05) is 0 Å². The Hall–Kier alpha value is -1.39. The van der Waals surface area contributed by atoms with Crippen LogP contribution in [0, 0.1) is 23.5 Å². The Morgan fingerprint density at radius 3 is 2.52 bits per heavy atom. The van der Waals surface area contributed by atoms with Crippen molar-refractivity contribution < 1.29 is 26.5 Å². The summed E-state index contributed by atoms with van der Waals surface area (Å²) in [5.74, 6) is -2.28. The fraction of sp³-hybridized carbons (Fsp3) is 0.478. The van der Waals surface area contributed by atoms with Gasteiger partial charge in [-0.1, -0.05) is 18.5 Å². The third kappa shape index (κ3) is 4.38. The van der Waals surface area contributed by atoms with Gasteiger partial charge in [0.15, 0.2) is 21.2 Å². The molecule has 2 aliphatic rings. The maximum atomic E-state index is 15.3. The Balaban J connectivity index is 1.87. The summed E-state index contributed by atoms with van der Waals surface area (Å²) in [6.07, 6.45) is 2.79. The first-order chi connectivity index (χ1) is 15.6. The molecule has 10 heteroatoms. The summed E-state index contributed by atoms with van der Waals surface area (Å²) < 4.78 is 74.6. The van der Waals surface area contributed by atoms with E-state index in [0.717, 1.165) is 18.4 Å². The molecule has 1 fully saturated rings. The normalized spacial score (nSPS) is 25.8. The van der Waals surface area contributed by atoms with Gasteiger partial charge < -0.3 is 9.29 Å². The highest BCUT2D eigenvalue weighted by Crippen LogP contribution is 2.58. The molecule has 33 heavy (non-hydrogen) atoms. The second kappa shape index (κ2) is 9.34. The van der Waals surface area contributed by atoms with Crippen molar-refractivity contribution in [2.24, 2.45) is 11.8 Å². The topological polar surface area (TPSA) is 69.7 Å². The zero-order valence-corrected chi connectivity index (χ0v) is 20.8. The largest absolute Gasteiger partial charge is 0.611 e. The molecule has 1 unspecified atom stereocenters. The number of nitrogens with zero attached hydrogens (tertiary/aromatic N) is 1. The van der Waals surface area contributed by atoms with Crippen molar-refractivity contribution in [3.8, 4) is 5.75 Å². The summed E-state index contributed by atoms with van der Waals surface area (Å²) in [5.41, 5.74) is -0.0147. The fourth-order valence-corrected chi connectivity index (χ4v) is 8.39. The lowest BCUT2D eigenvalue weighted by Gasteiger charge is -2.51. The number of ether oxygens (including phenoxy) is 1. The van der Waals surface area contributed by atoms with Crippen LogP contribution in [0.2, 0.25) is 5.02 Å². The van der Waals surface area contributed by atoms with E-state index < -0.39 is 43.5 Å². The molecule has 0 saturated heterocycles. The maximum absolute atomic E-state index is 15.3. The molecule has 2 aromatic carbocycles. The molecule has 4 rings (SSSR count). The molecule has 0 spiro atoms. The van der Waals surface area contributed by atoms with Crippen LogP contribution in [0.4, 0.5) is 8.78 Å². The third-order valence-electron chi connectivity index (χ3n) is 6.80. The van der Waals surface area contributed by atoms with E-state index in [1.165, 1.54) is 4.31 Å². The SMILES string of the molecule is CCN(C[C@@H]1CCCC2([S@@+]([O-])c3ccc(Cl)cc3)c3c(F)ccc(F)c3OC[C@@H]12)S(C)(=O)=O. The van der Waals surface area contributed by atoms with E-state index in [0.29, 0.717) is 29.2 Å². The van der Waals surface area contributed by atoms with Gasteiger partial charge in [0.05, 0.1) is 24.3 Å². The van der Waals surface area contributed by atoms with Gasteiger partial charge in [-0.25, -0.2) is 21.5 Å². The van der Waals surface area contributed by atoms with E-state index in [4.69, 9.17) is 16.3 Å². The van der Waals surface area contributed by atoms with Gasteiger partial charge in [0.1, 0.15) is 5.82 Å². The number of benzene rings is 2. The second-order valence-corrected chi connectivity index (χ2v) is 12.8. The fourth-order valence-electron chi connectivity index (χ4n) is 5.29. The van der Waals surface area contributed by atoms with Gasteiger partial charge in [0.25, 0.3) is 0 Å². The van der Waals surface area contributed by atoms with Crippen LogP contribution >= 0.6 is 11.6 Å². The number of hydrogen-bond donors (Lipinski definition) is 0. The van der Waals surface area contributed by atoms with Crippen molar-refractivity contribution >= 4 is 32.8 Å². The van der Waals surface area contributed by atoms with Gasteiger partial charge in [-0.15, -0.1) is 0 Å². The quantitative estimate of drug-likeness (QED) is 0.520. The Morgan fingerprint density at radius 2 is 1.88 bits per heavy atom.